The lowest BCUT2D eigenvalue weighted by atomic mass is 10.1. The normalized spacial score (nSPS) is 10.4. The van der Waals surface area contributed by atoms with E-state index in [1.807, 2.05) is 25.1 Å². The van der Waals surface area contributed by atoms with E-state index >= 15 is 0 Å². The third-order valence-electron chi connectivity index (χ3n) is 2.06. The van der Waals surface area contributed by atoms with E-state index < -0.39 is 0 Å². The molecular formula is C11H16N4O. The van der Waals surface area contributed by atoms with Gasteiger partial charge in [-0.1, -0.05) is 6.07 Å². The van der Waals surface area contributed by atoms with Gasteiger partial charge in [0.15, 0.2) is 0 Å². The first-order valence-corrected chi connectivity index (χ1v) is 4.90. The number of hydrogen-bond donors (Lipinski definition) is 2. The van der Waals surface area contributed by atoms with Crippen molar-refractivity contribution in [2.24, 2.45) is 21.7 Å². The molecule has 0 saturated carbocycles. The van der Waals surface area contributed by atoms with E-state index in [0.717, 1.165) is 5.75 Å². The van der Waals surface area contributed by atoms with Gasteiger partial charge in [-0.25, -0.2) is 0 Å². The number of hydrogen-bond acceptors (Lipinski definition) is 3. The Morgan fingerprint density at radius 1 is 1.31 bits per heavy atom. The van der Waals surface area contributed by atoms with Crippen LogP contribution in [0.4, 0.5) is 0 Å². The molecule has 0 aliphatic rings. The van der Waals surface area contributed by atoms with Gasteiger partial charge < -0.3 is 16.2 Å². The molecule has 0 aromatic heterocycles. The average Bonchev–Trinajstić information content (AvgIpc) is 2.22. The van der Waals surface area contributed by atoms with Crippen molar-refractivity contribution in [3.8, 4) is 5.75 Å². The zero-order valence-electron chi connectivity index (χ0n) is 9.47. The van der Waals surface area contributed by atoms with Crippen LogP contribution in [0.15, 0.2) is 28.4 Å². The summed E-state index contributed by atoms with van der Waals surface area (Å²) < 4.78 is 5.42. The van der Waals surface area contributed by atoms with E-state index in [9.17, 15) is 0 Å². The Labute approximate surface area is 94.8 Å². The lowest BCUT2D eigenvalue weighted by Gasteiger charge is -2.05. The van der Waals surface area contributed by atoms with Crippen LogP contribution in [-0.4, -0.2) is 18.8 Å². The minimum absolute atomic E-state index is 0.0672. The molecule has 16 heavy (non-hydrogen) atoms. The minimum Gasteiger partial charge on any atom is -0.488 e. The third kappa shape index (κ3) is 4.00. The molecule has 0 amide bonds. The summed E-state index contributed by atoms with van der Waals surface area (Å²) in [5, 5.41) is 7.06. The summed E-state index contributed by atoms with van der Waals surface area (Å²) >= 11 is 0. The molecule has 5 nitrogen and oxygen atoms in total. The number of benzene rings is 1. The molecule has 0 unspecified atom stereocenters. The second kappa shape index (κ2) is 5.75. The van der Waals surface area contributed by atoms with Crippen LogP contribution < -0.4 is 16.2 Å². The van der Waals surface area contributed by atoms with Crippen molar-refractivity contribution in [2.45, 2.75) is 13.8 Å². The molecule has 4 N–H and O–H groups in total. The van der Waals surface area contributed by atoms with Gasteiger partial charge in [0.25, 0.3) is 0 Å². The Bertz CT molecular complexity index is 408. The van der Waals surface area contributed by atoms with Crippen LogP contribution in [0.25, 0.3) is 0 Å². The maximum Gasteiger partial charge on any atom is 0.211 e. The average molecular weight is 220 g/mol. The number of ether oxygens (including phenoxy) is 1. The second-order valence-electron chi connectivity index (χ2n) is 3.38. The van der Waals surface area contributed by atoms with Gasteiger partial charge in [-0.2, -0.15) is 5.10 Å². The Morgan fingerprint density at radius 3 is 2.69 bits per heavy atom. The molecule has 0 heterocycles. The van der Waals surface area contributed by atoms with Gasteiger partial charge in [0.2, 0.25) is 5.96 Å². The van der Waals surface area contributed by atoms with Crippen LogP contribution >= 0.6 is 0 Å². The predicted molar refractivity (Wildman–Crippen MR) is 65.7 cm³/mol. The van der Waals surface area contributed by atoms with E-state index in [2.05, 4.69) is 17.1 Å². The molecule has 0 radical (unpaired) electrons. The smallest absolute Gasteiger partial charge is 0.211 e. The third-order valence-corrected chi connectivity index (χ3v) is 2.06. The molecule has 0 saturated heterocycles. The van der Waals surface area contributed by atoms with Crippen molar-refractivity contribution in [1.29, 1.82) is 0 Å². The summed E-state index contributed by atoms with van der Waals surface area (Å²) in [6, 6.07) is 5.90. The molecule has 1 aromatic rings. The predicted octanol–water partition coefficient (Wildman–Crippen LogP) is 0.941. The van der Waals surface area contributed by atoms with Gasteiger partial charge in [0, 0.05) is 0 Å². The van der Waals surface area contributed by atoms with Gasteiger partial charge in [-0.3, -0.25) is 0 Å². The molecule has 0 bridgehead atoms. The van der Waals surface area contributed by atoms with Gasteiger partial charge in [-0.05, 0) is 37.1 Å². The van der Waals surface area contributed by atoms with E-state index in [1.165, 1.54) is 17.3 Å². The summed E-state index contributed by atoms with van der Waals surface area (Å²) in [5.41, 5.74) is 12.6. The van der Waals surface area contributed by atoms with E-state index in [0.29, 0.717) is 6.61 Å². The summed E-state index contributed by atoms with van der Waals surface area (Å²) in [6.45, 7) is 4.42. The van der Waals surface area contributed by atoms with Crippen molar-refractivity contribution < 1.29 is 4.74 Å². The summed E-state index contributed by atoms with van der Waals surface area (Å²) in [7, 11) is 0. The second-order valence-corrected chi connectivity index (χ2v) is 3.38. The molecule has 1 rings (SSSR count). The molecule has 0 aliphatic heterocycles. The largest absolute Gasteiger partial charge is 0.488 e. The van der Waals surface area contributed by atoms with Crippen LogP contribution in [0.1, 0.15) is 11.1 Å². The zero-order valence-corrected chi connectivity index (χ0v) is 9.47. The highest BCUT2D eigenvalue weighted by atomic mass is 16.5. The van der Waals surface area contributed by atoms with Crippen LogP contribution in [0.2, 0.25) is 0 Å². The van der Waals surface area contributed by atoms with Crippen LogP contribution in [0.5, 0.6) is 5.75 Å². The maximum absolute atomic E-state index is 5.42. The Morgan fingerprint density at radius 2 is 2.06 bits per heavy atom. The zero-order chi connectivity index (χ0) is 12.0. The molecular weight excluding hydrogens is 204 g/mol. The fourth-order valence-corrected chi connectivity index (χ4v) is 1.08. The van der Waals surface area contributed by atoms with Gasteiger partial charge >= 0.3 is 0 Å². The summed E-state index contributed by atoms with van der Waals surface area (Å²) in [6.07, 6.45) is 1.49. The molecule has 5 heteroatoms. The van der Waals surface area contributed by atoms with Crippen LogP contribution in [0, 0.1) is 13.8 Å². The molecule has 86 valence electrons. The first-order valence-electron chi connectivity index (χ1n) is 4.90. The number of nitrogens with zero attached hydrogens (tertiary/aromatic N) is 2. The lowest BCUT2D eigenvalue weighted by molar-refractivity contribution is 0.380. The number of aryl methyl sites for hydroxylation is 2. The first-order chi connectivity index (χ1) is 7.59. The number of guanidine groups is 1. The van der Waals surface area contributed by atoms with Crippen molar-refractivity contribution in [3.63, 3.8) is 0 Å². The van der Waals surface area contributed by atoms with E-state index in [-0.39, 0.29) is 5.96 Å². The molecule has 1 aromatic carbocycles. The standard InChI is InChI=1S/C11H16N4O/c1-8-3-4-10(7-9(8)2)16-6-5-14-15-11(12)13/h3-5,7H,6H2,1-2H3,(H4,12,13,15)/b14-5-. The van der Waals surface area contributed by atoms with Crippen molar-refractivity contribution in [3.05, 3.63) is 29.3 Å². The fourth-order valence-electron chi connectivity index (χ4n) is 1.08. The van der Waals surface area contributed by atoms with Gasteiger partial charge in [0.1, 0.15) is 12.4 Å². The number of nitrogens with two attached hydrogens (primary N) is 2. The SMILES string of the molecule is Cc1ccc(OC/C=N\N=C(N)N)cc1C. The summed E-state index contributed by atoms with van der Waals surface area (Å²) in [5.74, 6) is 0.738. The molecule has 0 aliphatic carbocycles. The molecule has 0 spiro atoms. The molecule has 0 atom stereocenters. The van der Waals surface area contributed by atoms with Crippen LogP contribution in [-0.2, 0) is 0 Å². The van der Waals surface area contributed by atoms with Gasteiger partial charge in [-0.15, -0.1) is 5.10 Å². The Kier molecular flexibility index (Phi) is 4.32. The van der Waals surface area contributed by atoms with E-state index in [4.69, 9.17) is 16.2 Å². The lowest BCUT2D eigenvalue weighted by Crippen LogP contribution is -2.21. The number of rotatable bonds is 4. The van der Waals surface area contributed by atoms with Crippen molar-refractivity contribution in [2.75, 3.05) is 6.61 Å². The van der Waals surface area contributed by atoms with E-state index in [1.54, 1.807) is 0 Å². The minimum atomic E-state index is -0.0672. The molecule has 0 fully saturated rings. The highest BCUT2D eigenvalue weighted by molar-refractivity contribution is 5.76. The highest BCUT2D eigenvalue weighted by Gasteiger charge is 1.95. The monoisotopic (exact) mass is 220 g/mol. The Hall–Kier alpha value is -2.04. The van der Waals surface area contributed by atoms with Gasteiger partial charge in [0.05, 0.1) is 6.21 Å². The highest BCUT2D eigenvalue weighted by Crippen LogP contribution is 2.15. The van der Waals surface area contributed by atoms with Crippen LogP contribution in [0.3, 0.4) is 0 Å². The van der Waals surface area contributed by atoms with Crippen molar-refractivity contribution in [1.82, 2.24) is 0 Å². The maximum atomic E-state index is 5.42. The quantitative estimate of drug-likeness (QED) is 0.450. The first kappa shape index (κ1) is 12.0. The summed E-state index contributed by atoms with van der Waals surface area (Å²) in [4.78, 5) is 0. The Balaban J connectivity index is 2.46. The fraction of sp³-hybridized carbons (Fsp3) is 0.273. The van der Waals surface area contributed by atoms with Crippen molar-refractivity contribution >= 4 is 12.2 Å². The topological polar surface area (TPSA) is 86.0 Å².